The Balaban J connectivity index is 0.756. The van der Waals surface area contributed by atoms with Gasteiger partial charge in [-0.2, -0.15) is 0 Å². The number of aliphatic hydroxyl groups is 1. The number of cyclic esters (lactones) is 1. The number of hydrogen-bond donors (Lipinski definition) is 6. The van der Waals surface area contributed by atoms with Crippen molar-refractivity contribution in [2.24, 2.45) is 17.6 Å². The van der Waals surface area contributed by atoms with Crippen molar-refractivity contribution in [1.29, 1.82) is 0 Å². The largest absolute Gasteiger partial charge is 0.458 e. The van der Waals surface area contributed by atoms with E-state index in [9.17, 15) is 53.1 Å². The summed E-state index contributed by atoms with van der Waals surface area (Å²) in [6, 6.07) is 2.92. The van der Waals surface area contributed by atoms with E-state index in [-0.39, 0.29) is 120 Å². The first-order chi connectivity index (χ1) is 47.5. The molecule has 4 aliphatic rings. The number of Topliss-reactive ketones (excluding diaryl/α,β-unsaturated/α-hetero) is 2. The summed E-state index contributed by atoms with van der Waals surface area (Å²) >= 11 is 0. The SMILES string of the molecule is CC[C@@]1(O)C(=O)OCc2c1cc1n(c2=O)Cc2c-1nc1cc3c(cc1c2CNC(=O)CNC(=O)[C@H](CCCCNC(=O)OC(C)(C)C)NC(=O)[C@@H](CC(=O)CCOCCOCCOCCOCCOCCOCCOCCOCCCC(=O)[C@H](CN)N1C(=O)C=CC1=O)C(C)C)OCO3. The number of imide groups is 1. The lowest BCUT2D eigenvalue weighted by Crippen LogP contribution is -2.51. The molecule has 0 saturated heterocycles. The van der Waals surface area contributed by atoms with Gasteiger partial charge in [-0.3, -0.25) is 43.3 Å². The third-order valence-corrected chi connectivity index (χ3v) is 16.6. The fourth-order valence-corrected chi connectivity index (χ4v) is 11.2. The minimum Gasteiger partial charge on any atom is -0.458 e. The number of carbonyl (C=O) groups excluding carboxylic acids is 9. The number of nitrogens with zero attached hydrogens (tertiary/aromatic N) is 3. The predicted octanol–water partition coefficient (Wildman–Crippen LogP) is 2.08. The second-order valence-corrected chi connectivity index (χ2v) is 25.2. The molecule has 6 heterocycles. The number of ketones is 2. The summed E-state index contributed by atoms with van der Waals surface area (Å²) in [7, 11) is 0. The molecule has 0 fully saturated rings. The van der Waals surface area contributed by atoms with E-state index < -0.39 is 82.9 Å². The Morgan fingerprint density at radius 3 is 1.84 bits per heavy atom. The highest BCUT2D eigenvalue weighted by Gasteiger charge is 2.46. The van der Waals surface area contributed by atoms with Gasteiger partial charge in [0.2, 0.25) is 24.5 Å². The van der Waals surface area contributed by atoms with Gasteiger partial charge in [-0.1, -0.05) is 20.8 Å². The lowest BCUT2D eigenvalue weighted by atomic mass is 9.86. The topological polar surface area (TPSA) is 397 Å². The maximum Gasteiger partial charge on any atom is 0.407 e. The number of nitrogens with one attached hydrogen (secondary N) is 4. The maximum atomic E-state index is 14.1. The Morgan fingerprint density at radius 1 is 0.697 bits per heavy atom. The second-order valence-electron chi connectivity index (χ2n) is 25.2. The van der Waals surface area contributed by atoms with Crippen LogP contribution in [0.1, 0.15) is 115 Å². The Hall–Kier alpha value is -7.85. The minimum absolute atomic E-state index is 0.0197. The maximum absolute atomic E-state index is 14.1. The highest BCUT2D eigenvalue weighted by Crippen LogP contribution is 2.43. The van der Waals surface area contributed by atoms with E-state index >= 15 is 0 Å². The van der Waals surface area contributed by atoms with Crippen molar-refractivity contribution in [3.63, 3.8) is 0 Å². The van der Waals surface area contributed by atoms with E-state index in [1.165, 1.54) is 4.57 Å². The fourth-order valence-electron chi connectivity index (χ4n) is 11.2. The quantitative estimate of drug-likeness (QED) is 0.0209. The average molecular weight is 1390 g/mol. The summed E-state index contributed by atoms with van der Waals surface area (Å²) in [4.78, 5) is 136. The van der Waals surface area contributed by atoms with Crippen molar-refractivity contribution in [3.05, 3.63) is 63.0 Å². The van der Waals surface area contributed by atoms with Crippen molar-refractivity contribution in [3.8, 4) is 22.9 Å². The Kier molecular flexibility index (Phi) is 31.1. The highest BCUT2D eigenvalue weighted by molar-refractivity contribution is 6.15. The molecule has 4 aliphatic heterocycles. The van der Waals surface area contributed by atoms with Crippen molar-refractivity contribution in [2.75, 3.05) is 132 Å². The third-order valence-electron chi connectivity index (χ3n) is 16.6. The van der Waals surface area contributed by atoms with Gasteiger partial charge in [0.1, 0.15) is 30.1 Å². The van der Waals surface area contributed by atoms with Gasteiger partial charge in [0.25, 0.3) is 17.4 Å². The number of alkyl carbamates (subject to hydrolysis) is 1. The van der Waals surface area contributed by atoms with Crippen molar-refractivity contribution >= 4 is 64.1 Å². The zero-order valence-corrected chi connectivity index (χ0v) is 57.5. The van der Waals surface area contributed by atoms with E-state index in [0.29, 0.717) is 150 Å². The number of benzene rings is 1. The van der Waals surface area contributed by atoms with E-state index in [0.717, 1.165) is 17.1 Å². The summed E-state index contributed by atoms with van der Waals surface area (Å²) in [5.74, 6) is -4.43. The first-order valence-electron chi connectivity index (χ1n) is 33.7. The van der Waals surface area contributed by atoms with Crippen LogP contribution in [-0.4, -0.2) is 223 Å². The zero-order chi connectivity index (χ0) is 71.5. The third kappa shape index (κ3) is 23.1. The fraction of sp³-hybridized carbons (Fsp3) is 0.632. The molecule has 0 bridgehead atoms. The molecular formula is C68H96N8O23. The van der Waals surface area contributed by atoms with Crippen molar-refractivity contribution in [2.45, 2.75) is 136 Å². The summed E-state index contributed by atoms with van der Waals surface area (Å²) in [5.41, 5.74) is 5.12. The summed E-state index contributed by atoms with van der Waals surface area (Å²) < 4.78 is 67.7. The lowest BCUT2D eigenvalue weighted by molar-refractivity contribution is -0.172. The van der Waals surface area contributed by atoms with Gasteiger partial charge >= 0.3 is 12.1 Å². The molecule has 7 N–H and O–H groups in total. The van der Waals surface area contributed by atoms with Gasteiger partial charge in [0.15, 0.2) is 22.9 Å². The Labute approximate surface area is 574 Å². The molecular weight excluding hydrogens is 1300 g/mol. The molecule has 0 saturated carbocycles. The monoisotopic (exact) mass is 1390 g/mol. The van der Waals surface area contributed by atoms with Crippen LogP contribution in [0.25, 0.3) is 22.3 Å². The van der Waals surface area contributed by atoms with E-state index in [4.69, 9.17) is 67.6 Å². The molecule has 0 spiro atoms. The highest BCUT2D eigenvalue weighted by atomic mass is 16.7. The first kappa shape index (κ1) is 78.5. The molecule has 0 unspecified atom stereocenters. The van der Waals surface area contributed by atoms with Crippen LogP contribution in [0, 0.1) is 11.8 Å². The van der Waals surface area contributed by atoms with Gasteiger partial charge in [0, 0.05) is 86.2 Å². The first-order valence-corrected chi connectivity index (χ1v) is 33.7. The molecule has 0 radical (unpaired) electrons. The van der Waals surface area contributed by atoms with Crippen LogP contribution in [0.2, 0.25) is 0 Å². The second kappa shape index (κ2) is 39.2. The molecule has 6 amide bonds. The number of esters is 1. The smallest absolute Gasteiger partial charge is 0.407 e. The number of nitrogens with two attached hydrogens (primary N) is 1. The standard InChI is InChI=1S/C68H96N8O23/c1-7-68(87)50-35-53-61-48(40-75(53)64(84)49(50)41-96-65(68)85)47(46-34-56-57(98-42-97-56)36-52(46)73-61)38-71-58(79)39-72-63(83)51(11-8-9-16-70-66(86)99-67(4,5)6)74-62(82)45(43(2)3)33-44(77)15-18-89-20-22-91-24-26-93-28-30-95-32-31-94-29-27-92-25-23-90-21-19-88-17-10-12-55(78)54(37-69)76-59(80)13-14-60(76)81/h13-14,34-36,43,45,51,54,87H,7-12,15-33,37-42,69H2,1-6H3,(H,70,86)(H,71,79)(H,72,83)(H,74,82)/t45-,51-,54-,68-/m0/s1. The Bertz CT molecular complexity index is 3370. The number of ether oxygens (including phenoxy) is 12. The number of aromatic nitrogens is 2. The number of unbranched alkanes of at least 4 members (excludes halogenated alkanes) is 1. The molecule has 1 aromatic carbocycles. The molecule has 31 nitrogen and oxygen atoms in total. The predicted molar refractivity (Wildman–Crippen MR) is 353 cm³/mol. The van der Waals surface area contributed by atoms with Crippen LogP contribution in [0.5, 0.6) is 11.5 Å². The van der Waals surface area contributed by atoms with Crippen molar-refractivity contribution in [1.82, 2.24) is 35.7 Å². The van der Waals surface area contributed by atoms with Gasteiger partial charge in [0.05, 0.1) is 135 Å². The molecule has 99 heavy (non-hydrogen) atoms. The van der Waals surface area contributed by atoms with Crippen LogP contribution in [0.4, 0.5) is 4.79 Å². The molecule has 3 aromatic rings. The number of rotatable bonds is 47. The molecule has 4 atom stereocenters. The molecule has 546 valence electrons. The molecule has 0 aliphatic carbocycles. The summed E-state index contributed by atoms with van der Waals surface area (Å²) in [6.07, 6.45) is 2.98. The van der Waals surface area contributed by atoms with Gasteiger partial charge in [-0.15, -0.1) is 0 Å². The normalized spacial score (nSPS) is 16.1. The average Bonchev–Trinajstić information content (AvgIpc) is 1.61. The number of fused-ring (bicyclic) bond motifs is 6. The number of pyridine rings is 2. The molecule has 31 heteroatoms. The van der Waals surface area contributed by atoms with E-state index in [1.807, 2.05) is 0 Å². The number of amides is 6. The van der Waals surface area contributed by atoms with Gasteiger partial charge < -0.3 is 93.5 Å². The van der Waals surface area contributed by atoms with E-state index in [2.05, 4.69) is 21.3 Å². The summed E-state index contributed by atoms with van der Waals surface area (Å²) in [6.45, 7) is 14.9. The van der Waals surface area contributed by atoms with Gasteiger partial charge in [-0.05, 0) is 76.5 Å². The number of hydrogen-bond acceptors (Lipinski definition) is 25. The minimum atomic E-state index is -2.05. The zero-order valence-electron chi connectivity index (χ0n) is 57.5. The van der Waals surface area contributed by atoms with E-state index in [1.54, 1.807) is 59.7 Å². The molecule has 7 rings (SSSR count). The molecule has 2 aromatic heterocycles. The Morgan fingerprint density at radius 2 is 1.27 bits per heavy atom. The number of carbonyl (C=O) groups is 9. The van der Waals surface area contributed by atoms with Crippen LogP contribution in [0.15, 0.2) is 35.1 Å². The van der Waals surface area contributed by atoms with Crippen LogP contribution < -0.4 is 42.0 Å². The lowest BCUT2D eigenvalue weighted by Gasteiger charge is -2.31. The van der Waals surface area contributed by atoms with Crippen molar-refractivity contribution < 1.29 is 105 Å². The van der Waals surface area contributed by atoms with Crippen LogP contribution in [0.3, 0.4) is 0 Å². The van der Waals surface area contributed by atoms with Gasteiger partial charge in [-0.25, -0.2) is 14.6 Å². The summed E-state index contributed by atoms with van der Waals surface area (Å²) in [5, 5.41) is 23.1. The van der Waals surface area contributed by atoms with Crippen LogP contribution in [-0.2, 0) is 111 Å². The van der Waals surface area contributed by atoms with Crippen LogP contribution >= 0.6 is 0 Å².